The largest absolute Gasteiger partial charge is 0.444 e. The van der Waals surface area contributed by atoms with Gasteiger partial charge in [-0.25, -0.2) is 4.79 Å². The number of nitrogens with zero attached hydrogens (tertiary/aromatic N) is 1. The van der Waals surface area contributed by atoms with Crippen molar-refractivity contribution >= 4 is 22.0 Å². The van der Waals surface area contributed by atoms with Gasteiger partial charge in [0.2, 0.25) is 0 Å². The van der Waals surface area contributed by atoms with Gasteiger partial charge in [0.15, 0.2) is 0 Å². The number of alkyl halides is 1. The zero-order valence-corrected chi connectivity index (χ0v) is 13.7. The average molecular weight is 308 g/mol. The Bertz CT molecular complexity index is 257. The maximum Gasteiger partial charge on any atom is 0.410 e. The van der Waals surface area contributed by atoms with E-state index in [1.807, 2.05) is 34.6 Å². The summed E-state index contributed by atoms with van der Waals surface area (Å²) in [4.78, 5) is 13.9. The fourth-order valence-electron chi connectivity index (χ4n) is 1.28. The number of carbonyl (C=O) groups is 1. The number of carbonyl (C=O) groups excluding carboxylic acids is 1. The first-order valence-electron chi connectivity index (χ1n) is 6.04. The molecule has 3 nitrogen and oxygen atoms in total. The molecule has 0 aliphatic heterocycles. The molecule has 0 aromatic rings. The van der Waals surface area contributed by atoms with Crippen LogP contribution in [-0.2, 0) is 4.74 Å². The third-order valence-corrected chi connectivity index (χ3v) is 3.73. The van der Waals surface area contributed by atoms with Crippen LogP contribution < -0.4 is 0 Å². The van der Waals surface area contributed by atoms with E-state index in [1.54, 1.807) is 4.90 Å². The molecule has 0 aromatic heterocycles. The van der Waals surface area contributed by atoms with E-state index < -0.39 is 5.60 Å². The fourth-order valence-corrected chi connectivity index (χ4v) is 1.46. The van der Waals surface area contributed by atoms with Crippen molar-refractivity contribution in [3.8, 4) is 0 Å². The van der Waals surface area contributed by atoms with Gasteiger partial charge in [-0.1, -0.05) is 29.8 Å². The molecular formula is C13H26BrNO2. The average Bonchev–Trinajstić information content (AvgIpc) is 2.11. The van der Waals surface area contributed by atoms with E-state index in [0.29, 0.717) is 6.54 Å². The number of halogens is 1. The highest BCUT2D eigenvalue weighted by molar-refractivity contribution is 9.09. The minimum absolute atomic E-state index is 0.0428. The number of amides is 1. The first-order valence-corrected chi connectivity index (χ1v) is 7.16. The summed E-state index contributed by atoms with van der Waals surface area (Å²) in [6, 6.07) is 0.142. The first kappa shape index (κ1) is 16.8. The summed E-state index contributed by atoms with van der Waals surface area (Å²) in [5, 5.41) is 0.853. The zero-order chi connectivity index (χ0) is 13.9. The third-order valence-electron chi connectivity index (χ3n) is 2.21. The van der Waals surface area contributed by atoms with Crippen LogP contribution in [0, 0.1) is 5.41 Å². The van der Waals surface area contributed by atoms with Crippen molar-refractivity contribution in [2.45, 2.75) is 60.1 Å². The van der Waals surface area contributed by atoms with Gasteiger partial charge in [0, 0.05) is 17.9 Å². The molecule has 0 rings (SSSR count). The molecule has 0 saturated heterocycles. The maximum atomic E-state index is 12.1. The number of ether oxygens (including phenoxy) is 1. The minimum Gasteiger partial charge on any atom is -0.444 e. The van der Waals surface area contributed by atoms with Crippen LogP contribution in [0.4, 0.5) is 4.79 Å². The second-order valence-corrected chi connectivity index (χ2v) is 7.06. The Kier molecular flexibility index (Phi) is 5.99. The summed E-state index contributed by atoms with van der Waals surface area (Å²) in [6.07, 6.45) is -0.235. The molecule has 1 amide bonds. The lowest BCUT2D eigenvalue weighted by Crippen LogP contribution is -2.46. The lowest BCUT2D eigenvalue weighted by molar-refractivity contribution is 0.0124. The van der Waals surface area contributed by atoms with E-state index >= 15 is 0 Å². The van der Waals surface area contributed by atoms with Crippen molar-refractivity contribution < 1.29 is 9.53 Å². The van der Waals surface area contributed by atoms with Crippen LogP contribution in [0.3, 0.4) is 0 Å². The highest BCUT2D eigenvalue weighted by Crippen LogP contribution is 2.22. The smallest absolute Gasteiger partial charge is 0.410 e. The Morgan fingerprint density at radius 1 is 1.24 bits per heavy atom. The van der Waals surface area contributed by atoms with Gasteiger partial charge in [0.05, 0.1) is 0 Å². The Morgan fingerprint density at radius 3 is 2.00 bits per heavy atom. The van der Waals surface area contributed by atoms with Gasteiger partial charge >= 0.3 is 6.09 Å². The molecule has 0 heterocycles. The SMILES string of the molecule is CC(C)N(CC(C)(C)CBr)C(=O)OC(C)(C)C. The molecule has 0 spiro atoms. The van der Waals surface area contributed by atoms with Gasteiger partial charge in [-0.3, -0.25) is 0 Å². The summed E-state index contributed by atoms with van der Waals surface area (Å²) in [5.74, 6) is 0. The molecule has 0 radical (unpaired) electrons. The molecule has 0 bridgehead atoms. The predicted octanol–water partition coefficient (Wildman–Crippen LogP) is 4.05. The standard InChI is InChI=1S/C13H26BrNO2/c1-10(2)15(9-13(6,7)8-14)11(16)17-12(3,4)5/h10H,8-9H2,1-7H3. The van der Waals surface area contributed by atoms with E-state index in [4.69, 9.17) is 4.74 Å². The van der Waals surface area contributed by atoms with E-state index in [9.17, 15) is 4.79 Å². The molecule has 102 valence electrons. The van der Waals surface area contributed by atoms with E-state index in [2.05, 4.69) is 29.8 Å². The molecule has 17 heavy (non-hydrogen) atoms. The third kappa shape index (κ3) is 6.92. The number of hydrogen-bond acceptors (Lipinski definition) is 2. The summed E-state index contributed by atoms with van der Waals surface area (Å²) >= 11 is 3.48. The lowest BCUT2D eigenvalue weighted by atomic mass is 9.95. The van der Waals surface area contributed by atoms with Gasteiger partial charge in [-0.15, -0.1) is 0 Å². The van der Waals surface area contributed by atoms with Crippen molar-refractivity contribution in [2.24, 2.45) is 5.41 Å². The first-order chi connectivity index (χ1) is 7.48. The Balaban J connectivity index is 4.70. The van der Waals surface area contributed by atoms with Crippen molar-refractivity contribution in [3.63, 3.8) is 0 Å². The maximum absolute atomic E-state index is 12.1. The molecule has 0 atom stereocenters. The Labute approximate surface area is 114 Å². The van der Waals surface area contributed by atoms with Crippen LogP contribution in [0.5, 0.6) is 0 Å². The highest BCUT2D eigenvalue weighted by atomic mass is 79.9. The molecule has 0 aliphatic rings. The van der Waals surface area contributed by atoms with Crippen LogP contribution in [-0.4, -0.2) is 34.5 Å². The fraction of sp³-hybridized carbons (Fsp3) is 0.923. The normalized spacial score (nSPS) is 12.8. The lowest BCUT2D eigenvalue weighted by Gasteiger charge is -2.35. The van der Waals surface area contributed by atoms with Crippen molar-refractivity contribution in [2.75, 3.05) is 11.9 Å². The summed E-state index contributed by atoms with van der Waals surface area (Å²) in [7, 11) is 0. The molecule has 0 aliphatic carbocycles. The van der Waals surface area contributed by atoms with Crippen molar-refractivity contribution in [1.82, 2.24) is 4.90 Å². The zero-order valence-electron chi connectivity index (χ0n) is 12.1. The van der Waals surface area contributed by atoms with Crippen LogP contribution in [0.2, 0.25) is 0 Å². The van der Waals surface area contributed by atoms with Gasteiger partial charge in [-0.05, 0) is 40.0 Å². The van der Waals surface area contributed by atoms with Crippen LogP contribution in [0.25, 0.3) is 0 Å². The monoisotopic (exact) mass is 307 g/mol. The van der Waals surface area contributed by atoms with Gasteiger partial charge in [0.25, 0.3) is 0 Å². The predicted molar refractivity (Wildman–Crippen MR) is 75.7 cm³/mol. The quantitative estimate of drug-likeness (QED) is 0.733. The topological polar surface area (TPSA) is 29.5 Å². The molecule has 4 heteroatoms. The van der Waals surface area contributed by atoms with Crippen LogP contribution in [0.1, 0.15) is 48.5 Å². The molecule has 0 aromatic carbocycles. The highest BCUT2D eigenvalue weighted by Gasteiger charge is 2.29. The second kappa shape index (κ2) is 6.07. The van der Waals surface area contributed by atoms with Crippen molar-refractivity contribution in [3.05, 3.63) is 0 Å². The summed E-state index contributed by atoms with van der Waals surface area (Å²) in [6.45, 7) is 14.6. The molecule has 0 fully saturated rings. The molecular weight excluding hydrogens is 282 g/mol. The summed E-state index contributed by atoms with van der Waals surface area (Å²) < 4.78 is 5.42. The second-order valence-electron chi connectivity index (χ2n) is 6.50. The van der Waals surface area contributed by atoms with E-state index in [0.717, 1.165) is 5.33 Å². The molecule has 0 saturated carbocycles. The van der Waals surface area contributed by atoms with Gasteiger partial charge < -0.3 is 9.64 Å². The Morgan fingerprint density at radius 2 is 1.71 bits per heavy atom. The van der Waals surface area contributed by atoms with Gasteiger partial charge in [0.1, 0.15) is 5.60 Å². The van der Waals surface area contributed by atoms with Crippen molar-refractivity contribution in [1.29, 1.82) is 0 Å². The molecule has 0 N–H and O–H groups in total. The van der Waals surface area contributed by atoms with E-state index in [1.165, 1.54) is 0 Å². The van der Waals surface area contributed by atoms with Gasteiger partial charge in [-0.2, -0.15) is 0 Å². The Hall–Kier alpha value is -0.250. The minimum atomic E-state index is -0.442. The van der Waals surface area contributed by atoms with Crippen LogP contribution in [0.15, 0.2) is 0 Å². The summed E-state index contributed by atoms with van der Waals surface area (Å²) in [5.41, 5.74) is -0.399. The number of hydrogen-bond donors (Lipinski definition) is 0. The molecule has 0 unspecified atom stereocenters. The van der Waals surface area contributed by atoms with Crippen LogP contribution >= 0.6 is 15.9 Å². The number of rotatable bonds is 4. The van der Waals surface area contributed by atoms with E-state index in [-0.39, 0.29) is 17.6 Å².